The first-order valence-corrected chi connectivity index (χ1v) is 11.0. The minimum Gasteiger partial charge on any atom is -0.266 e. The summed E-state index contributed by atoms with van der Waals surface area (Å²) in [7, 11) is -3.03. The number of hydrogen-bond donors (Lipinski definition) is 0. The molecule has 0 fully saturated rings. The third kappa shape index (κ3) is 5.94. The molecule has 0 saturated carbocycles. The van der Waals surface area contributed by atoms with E-state index < -0.39 is 27.4 Å². The molecule has 2 aromatic carbocycles. The van der Waals surface area contributed by atoms with Crippen LogP contribution in [0.5, 0.6) is 0 Å². The van der Waals surface area contributed by atoms with Crippen LogP contribution in [0.4, 0.5) is 13.2 Å². The van der Waals surface area contributed by atoms with Gasteiger partial charge in [0.05, 0.1) is 20.9 Å². The number of pyridine rings is 1. The lowest BCUT2D eigenvalue weighted by molar-refractivity contribution is -0.137. The van der Waals surface area contributed by atoms with Crippen LogP contribution < -0.4 is 0 Å². The Bertz CT molecular complexity index is 1320. The molecule has 0 saturated heterocycles. The van der Waals surface area contributed by atoms with Crippen molar-refractivity contribution in [2.24, 2.45) is 4.36 Å². The lowest BCUT2D eigenvalue weighted by Gasteiger charge is -2.05. The molecule has 3 rings (SSSR count). The summed E-state index contributed by atoms with van der Waals surface area (Å²) in [4.78, 5) is 16.8. The summed E-state index contributed by atoms with van der Waals surface area (Å²) in [6.45, 7) is 0. The van der Waals surface area contributed by atoms with Crippen molar-refractivity contribution in [3.8, 4) is 11.8 Å². The van der Waals surface area contributed by atoms with Gasteiger partial charge in [0.25, 0.3) is 5.91 Å². The van der Waals surface area contributed by atoms with Gasteiger partial charge in [0.2, 0.25) is 0 Å². The van der Waals surface area contributed by atoms with Gasteiger partial charge >= 0.3 is 6.18 Å². The van der Waals surface area contributed by atoms with Gasteiger partial charge in [-0.05, 0) is 48.5 Å². The molecule has 158 valence electrons. The summed E-state index contributed by atoms with van der Waals surface area (Å²) < 4.78 is 54.5. The Morgan fingerprint density at radius 3 is 2.35 bits per heavy atom. The molecule has 0 aliphatic rings. The lowest BCUT2D eigenvalue weighted by atomic mass is 10.1. The molecule has 3 aromatic rings. The summed E-state index contributed by atoms with van der Waals surface area (Å²) in [6, 6.07) is 12.1. The average molecular weight is 463 g/mol. The first-order chi connectivity index (χ1) is 14.5. The van der Waals surface area contributed by atoms with E-state index in [9.17, 15) is 22.2 Å². The first kappa shape index (κ1) is 22.5. The maximum absolute atomic E-state index is 12.8. The maximum Gasteiger partial charge on any atom is 0.416 e. The number of halogens is 4. The Morgan fingerprint density at radius 1 is 1.03 bits per heavy atom. The minimum absolute atomic E-state index is 0.0795. The highest BCUT2D eigenvalue weighted by atomic mass is 35.5. The monoisotopic (exact) mass is 462 g/mol. The van der Waals surface area contributed by atoms with Crippen LogP contribution in [-0.4, -0.2) is 21.4 Å². The number of aromatic nitrogens is 1. The third-order valence-corrected chi connectivity index (χ3v) is 5.92. The Labute approximate surface area is 182 Å². The number of carbonyl (C=O) groups excluding carboxylic acids is 1. The zero-order valence-corrected chi connectivity index (χ0v) is 17.6. The van der Waals surface area contributed by atoms with Crippen LogP contribution in [0, 0.1) is 11.8 Å². The van der Waals surface area contributed by atoms with Gasteiger partial charge in [-0.1, -0.05) is 29.5 Å². The highest BCUT2D eigenvalue weighted by molar-refractivity contribution is 7.93. The van der Waals surface area contributed by atoms with Crippen LogP contribution >= 0.6 is 11.6 Å². The van der Waals surface area contributed by atoms with Gasteiger partial charge in [-0.25, -0.2) is 4.21 Å². The Hall–Kier alpha value is -3.15. The standard InChI is InChI=1S/C22H14ClF3N2O2S/c1-31(30,20-4-2-3-19(23)12-20)28-21(29)17-11-16(13-27-14-17)6-5-15-7-9-18(10-8-15)22(24,25)26/h2-4,7-14H,1H3. The Morgan fingerprint density at radius 2 is 1.71 bits per heavy atom. The van der Waals surface area contributed by atoms with Crippen molar-refractivity contribution in [1.29, 1.82) is 0 Å². The van der Waals surface area contributed by atoms with Gasteiger partial charge in [-0.2, -0.15) is 17.5 Å². The molecule has 1 heterocycles. The van der Waals surface area contributed by atoms with Gasteiger partial charge in [0.1, 0.15) is 0 Å². The van der Waals surface area contributed by atoms with E-state index >= 15 is 0 Å². The highest BCUT2D eigenvalue weighted by Gasteiger charge is 2.29. The fraction of sp³-hybridized carbons (Fsp3) is 0.0909. The van der Waals surface area contributed by atoms with Crippen molar-refractivity contribution >= 4 is 27.2 Å². The van der Waals surface area contributed by atoms with E-state index in [1.165, 1.54) is 42.9 Å². The second-order valence-corrected chi connectivity index (χ2v) is 9.14. The molecule has 0 aliphatic heterocycles. The number of benzene rings is 2. The third-order valence-electron chi connectivity index (χ3n) is 4.04. The van der Waals surface area contributed by atoms with E-state index in [1.807, 2.05) is 0 Å². The second kappa shape index (κ2) is 8.92. The van der Waals surface area contributed by atoms with Gasteiger partial charge in [-0.15, -0.1) is 0 Å². The molecule has 4 nitrogen and oxygen atoms in total. The van der Waals surface area contributed by atoms with Crippen LogP contribution in [0.2, 0.25) is 5.02 Å². The van der Waals surface area contributed by atoms with E-state index in [0.29, 0.717) is 21.0 Å². The second-order valence-electron chi connectivity index (χ2n) is 6.44. The summed E-state index contributed by atoms with van der Waals surface area (Å²) in [6.07, 6.45) is -0.424. The predicted octanol–water partition coefficient (Wildman–Crippen LogP) is 5.45. The van der Waals surface area contributed by atoms with Crippen LogP contribution in [0.15, 0.2) is 76.2 Å². The van der Waals surface area contributed by atoms with Crippen molar-refractivity contribution in [3.05, 3.63) is 94.3 Å². The van der Waals surface area contributed by atoms with E-state index in [1.54, 1.807) is 18.2 Å². The first-order valence-electron chi connectivity index (χ1n) is 8.71. The molecule has 0 N–H and O–H groups in total. The molecular formula is C22H14ClF3N2O2S. The normalized spacial score (nSPS) is 12.9. The Kier molecular flexibility index (Phi) is 6.48. The quantitative estimate of drug-likeness (QED) is 0.476. The molecule has 1 amide bonds. The highest BCUT2D eigenvalue weighted by Crippen LogP contribution is 2.29. The molecule has 1 unspecified atom stereocenters. The zero-order chi connectivity index (χ0) is 22.6. The van der Waals surface area contributed by atoms with Gasteiger partial charge in [0, 0.05) is 39.7 Å². The fourth-order valence-corrected chi connectivity index (χ4v) is 3.94. The number of alkyl halides is 3. The molecule has 9 heteroatoms. The lowest BCUT2D eigenvalue weighted by Crippen LogP contribution is -2.04. The van der Waals surface area contributed by atoms with Crippen LogP contribution in [0.25, 0.3) is 0 Å². The van der Waals surface area contributed by atoms with Crippen molar-refractivity contribution < 1.29 is 22.2 Å². The summed E-state index contributed by atoms with van der Waals surface area (Å²) in [5.41, 5.74) is 0.0332. The summed E-state index contributed by atoms with van der Waals surface area (Å²) in [5.74, 6) is 4.72. The van der Waals surface area contributed by atoms with Crippen molar-refractivity contribution in [2.45, 2.75) is 11.1 Å². The van der Waals surface area contributed by atoms with Crippen LogP contribution in [-0.2, 0) is 15.9 Å². The zero-order valence-electron chi connectivity index (χ0n) is 16.0. The molecule has 0 aliphatic carbocycles. The van der Waals surface area contributed by atoms with E-state index in [0.717, 1.165) is 12.1 Å². The number of rotatable bonds is 2. The van der Waals surface area contributed by atoms with Crippen molar-refractivity contribution in [1.82, 2.24) is 4.98 Å². The molecule has 0 radical (unpaired) electrons. The van der Waals surface area contributed by atoms with E-state index in [4.69, 9.17) is 11.6 Å². The number of nitrogens with zero attached hydrogens (tertiary/aromatic N) is 2. The molecule has 1 atom stereocenters. The predicted molar refractivity (Wildman–Crippen MR) is 112 cm³/mol. The number of carbonyl (C=O) groups is 1. The average Bonchev–Trinajstić information content (AvgIpc) is 2.72. The van der Waals surface area contributed by atoms with Crippen LogP contribution in [0.3, 0.4) is 0 Å². The number of amides is 1. The molecule has 1 aromatic heterocycles. The van der Waals surface area contributed by atoms with Gasteiger partial charge < -0.3 is 0 Å². The fourth-order valence-electron chi connectivity index (χ4n) is 2.48. The van der Waals surface area contributed by atoms with E-state index in [2.05, 4.69) is 21.2 Å². The maximum atomic E-state index is 12.8. The van der Waals surface area contributed by atoms with Crippen molar-refractivity contribution in [3.63, 3.8) is 0 Å². The topological polar surface area (TPSA) is 59.4 Å². The largest absolute Gasteiger partial charge is 0.416 e. The molecule has 0 spiro atoms. The smallest absolute Gasteiger partial charge is 0.266 e. The molecule has 31 heavy (non-hydrogen) atoms. The SMILES string of the molecule is CS(=O)(=NC(=O)c1cncc(C#Cc2ccc(C(F)(F)F)cc2)c1)c1cccc(Cl)c1. The van der Waals surface area contributed by atoms with Crippen LogP contribution in [0.1, 0.15) is 27.0 Å². The van der Waals surface area contributed by atoms with E-state index in [-0.39, 0.29) is 5.56 Å². The van der Waals surface area contributed by atoms with Gasteiger partial charge in [-0.3, -0.25) is 9.78 Å². The Balaban J connectivity index is 1.85. The summed E-state index contributed by atoms with van der Waals surface area (Å²) >= 11 is 5.91. The molecule has 0 bridgehead atoms. The van der Waals surface area contributed by atoms with Crippen molar-refractivity contribution in [2.75, 3.05) is 6.26 Å². The van der Waals surface area contributed by atoms with Gasteiger partial charge in [0.15, 0.2) is 0 Å². The summed E-state index contributed by atoms with van der Waals surface area (Å²) in [5, 5.41) is 0.372. The molecular weight excluding hydrogens is 449 g/mol. The minimum atomic E-state index is -4.42. The number of hydrogen-bond acceptors (Lipinski definition) is 3.